The summed E-state index contributed by atoms with van der Waals surface area (Å²) in [5.41, 5.74) is 0. The zero-order valence-corrected chi connectivity index (χ0v) is 9.61. The number of ether oxygens (including phenoxy) is 1. The van der Waals surface area contributed by atoms with E-state index in [-0.39, 0.29) is 12.5 Å². The van der Waals surface area contributed by atoms with Gasteiger partial charge in [-0.1, -0.05) is 0 Å². The third-order valence-corrected chi connectivity index (χ3v) is 2.03. The van der Waals surface area contributed by atoms with Gasteiger partial charge in [0.1, 0.15) is 10.4 Å². The highest BCUT2D eigenvalue weighted by atomic mass is 79.9. The second-order valence-corrected chi connectivity index (χ2v) is 3.71. The number of pyridine rings is 1. The van der Waals surface area contributed by atoms with Crippen molar-refractivity contribution in [2.75, 3.05) is 20.7 Å². The van der Waals surface area contributed by atoms with Gasteiger partial charge < -0.3 is 9.64 Å². The Hall–Kier alpha value is -1.10. The molecule has 76 valence electrons. The number of nitrogens with zero attached hydrogens (tertiary/aromatic N) is 2. The van der Waals surface area contributed by atoms with Gasteiger partial charge in [0.2, 0.25) is 0 Å². The molecule has 0 atom stereocenters. The van der Waals surface area contributed by atoms with E-state index in [9.17, 15) is 4.79 Å². The molecule has 0 radical (unpaired) electrons. The van der Waals surface area contributed by atoms with Gasteiger partial charge in [-0.05, 0) is 28.1 Å². The highest BCUT2D eigenvalue weighted by Crippen LogP contribution is 2.12. The largest absolute Gasteiger partial charge is 0.482 e. The summed E-state index contributed by atoms with van der Waals surface area (Å²) in [7, 11) is 3.37. The molecule has 0 spiro atoms. The number of halogens is 1. The topological polar surface area (TPSA) is 42.4 Å². The highest BCUT2D eigenvalue weighted by Gasteiger charge is 2.04. The minimum atomic E-state index is -0.0760. The number of carbonyl (C=O) groups is 1. The first-order chi connectivity index (χ1) is 6.59. The summed E-state index contributed by atoms with van der Waals surface area (Å²) >= 11 is 3.21. The fourth-order valence-electron chi connectivity index (χ4n) is 0.722. The highest BCUT2D eigenvalue weighted by molar-refractivity contribution is 9.10. The normalized spacial score (nSPS) is 9.64. The predicted octanol–water partition coefficient (Wildman–Crippen LogP) is 1.31. The first kappa shape index (κ1) is 11.0. The van der Waals surface area contributed by atoms with Crippen LogP contribution in [-0.4, -0.2) is 36.5 Å². The Morgan fingerprint density at radius 3 is 2.79 bits per heavy atom. The molecule has 0 aromatic carbocycles. The van der Waals surface area contributed by atoms with Crippen LogP contribution in [-0.2, 0) is 4.79 Å². The van der Waals surface area contributed by atoms with Crippen molar-refractivity contribution in [3.05, 3.63) is 22.9 Å². The van der Waals surface area contributed by atoms with Gasteiger partial charge in [0.05, 0.1) is 6.20 Å². The van der Waals surface area contributed by atoms with Crippen molar-refractivity contribution in [3.8, 4) is 5.75 Å². The summed E-state index contributed by atoms with van der Waals surface area (Å²) in [6.45, 7) is 0.0380. The van der Waals surface area contributed by atoms with E-state index in [1.165, 1.54) is 4.90 Å². The number of hydrogen-bond donors (Lipinski definition) is 0. The van der Waals surface area contributed by atoms with Gasteiger partial charge in [-0.2, -0.15) is 0 Å². The number of hydrogen-bond acceptors (Lipinski definition) is 3. The Balaban J connectivity index is 2.46. The zero-order chi connectivity index (χ0) is 10.6. The molecule has 0 aliphatic carbocycles. The fourth-order valence-corrected chi connectivity index (χ4v) is 0.956. The van der Waals surface area contributed by atoms with E-state index >= 15 is 0 Å². The summed E-state index contributed by atoms with van der Waals surface area (Å²) in [5, 5.41) is 0. The van der Waals surface area contributed by atoms with Gasteiger partial charge in [-0.3, -0.25) is 4.79 Å². The summed E-state index contributed by atoms with van der Waals surface area (Å²) in [6, 6.07) is 3.51. The van der Waals surface area contributed by atoms with E-state index < -0.39 is 0 Å². The SMILES string of the molecule is CN(C)C(=O)COc1ccc(Br)nc1. The van der Waals surface area contributed by atoms with Crippen LogP contribution >= 0.6 is 15.9 Å². The van der Waals surface area contributed by atoms with Crippen LogP contribution in [0, 0.1) is 0 Å². The van der Waals surface area contributed by atoms with Crippen LogP contribution in [0.25, 0.3) is 0 Å². The molecule has 0 aliphatic heterocycles. The smallest absolute Gasteiger partial charge is 0.259 e. The van der Waals surface area contributed by atoms with Crippen molar-refractivity contribution >= 4 is 21.8 Å². The van der Waals surface area contributed by atoms with Gasteiger partial charge in [0.15, 0.2) is 6.61 Å². The van der Waals surface area contributed by atoms with E-state index in [1.54, 1.807) is 32.4 Å². The van der Waals surface area contributed by atoms with Gasteiger partial charge >= 0.3 is 0 Å². The molecule has 1 rings (SSSR count). The van der Waals surface area contributed by atoms with Crippen LogP contribution < -0.4 is 4.74 Å². The lowest BCUT2D eigenvalue weighted by Gasteiger charge is -2.10. The number of rotatable bonds is 3. The van der Waals surface area contributed by atoms with E-state index in [0.717, 1.165) is 4.60 Å². The third kappa shape index (κ3) is 3.33. The summed E-state index contributed by atoms with van der Waals surface area (Å²) in [5.74, 6) is 0.510. The molecule has 1 heterocycles. The monoisotopic (exact) mass is 258 g/mol. The Kier molecular flexibility index (Phi) is 3.88. The van der Waals surface area contributed by atoms with Crippen LogP contribution in [0.3, 0.4) is 0 Å². The molecular weight excluding hydrogens is 248 g/mol. The lowest BCUT2D eigenvalue weighted by Crippen LogP contribution is -2.27. The molecular formula is C9H11BrN2O2. The zero-order valence-electron chi connectivity index (χ0n) is 8.03. The van der Waals surface area contributed by atoms with Crippen molar-refractivity contribution in [2.45, 2.75) is 0 Å². The maximum atomic E-state index is 11.2. The molecule has 0 saturated heterocycles. The quantitative estimate of drug-likeness (QED) is 0.768. The van der Waals surface area contributed by atoms with E-state index in [0.29, 0.717) is 5.75 Å². The standard InChI is InChI=1S/C9H11BrN2O2/c1-12(2)9(13)6-14-7-3-4-8(10)11-5-7/h3-5H,6H2,1-2H3. The number of aromatic nitrogens is 1. The minimum Gasteiger partial charge on any atom is -0.482 e. The minimum absolute atomic E-state index is 0.0380. The Morgan fingerprint density at radius 2 is 2.29 bits per heavy atom. The first-order valence-electron chi connectivity index (χ1n) is 4.04. The molecule has 14 heavy (non-hydrogen) atoms. The van der Waals surface area contributed by atoms with E-state index in [2.05, 4.69) is 20.9 Å². The van der Waals surface area contributed by atoms with Crippen LogP contribution in [0.4, 0.5) is 0 Å². The summed E-state index contributed by atoms with van der Waals surface area (Å²) < 4.78 is 5.95. The molecule has 1 aromatic heterocycles. The fraction of sp³-hybridized carbons (Fsp3) is 0.333. The Labute approximate surface area is 91.0 Å². The van der Waals surface area contributed by atoms with Gasteiger partial charge in [-0.15, -0.1) is 0 Å². The van der Waals surface area contributed by atoms with Crippen LogP contribution in [0.15, 0.2) is 22.9 Å². The molecule has 0 fully saturated rings. The maximum Gasteiger partial charge on any atom is 0.259 e. The number of amides is 1. The number of carbonyl (C=O) groups excluding carboxylic acids is 1. The third-order valence-electron chi connectivity index (χ3n) is 1.56. The van der Waals surface area contributed by atoms with Crippen molar-refractivity contribution in [1.82, 2.24) is 9.88 Å². The molecule has 4 nitrogen and oxygen atoms in total. The first-order valence-corrected chi connectivity index (χ1v) is 4.83. The van der Waals surface area contributed by atoms with Crippen molar-refractivity contribution < 1.29 is 9.53 Å². The van der Waals surface area contributed by atoms with Crippen LogP contribution in [0.1, 0.15) is 0 Å². The van der Waals surface area contributed by atoms with Gasteiger partial charge in [0, 0.05) is 14.1 Å². The molecule has 1 aromatic rings. The second-order valence-electron chi connectivity index (χ2n) is 2.89. The van der Waals surface area contributed by atoms with Crippen molar-refractivity contribution in [1.29, 1.82) is 0 Å². The van der Waals surface area contributed by atoms with Crippen molar-refractivity contribution in [2.24, 2.45) is 0 Å². The molecule has 1 amide bonds. The Morgan fingerprint density at radius 1 is 1.57 bits per heavy atom. The summed E-state index contributed by atoms with van der Waals surface area (Å²) in [6.07, 6.45) is 1.56. The van der Waals surface area contributed by atoms with Crippen LogP contribution in [0.5, 0.6) is 5.75 Å². The lowest BCUT2D eigenvalue weighted by atomic mass is 10.4. The summed E-state index contributed by atoms with van der Waals surface area (Å²) in [4.78, 5) is 16.6. The molecule has 0 unspecified atom stereocenters. The molecule has 0 saturated carbocycles. The second kappa shape index (κ2) is 4.95. The Bertz CT molecular complexity index is 311. The van der Waals surface area contributed by atoms with Gasteiger partial charge in [0.25, 0.3) is 5.91 Å². The van der Waals surface area contributed by atoms with E-state index in [1.807, 2.05) is 0 Å². The number of likely N-dealkylation sites (N-methyl/N-ethyl adjacent to an activating group) is 1. The van der Waals surface area contributed by atoms with Gasteiger partial charge in [-0.25, -0.2) is 4.98 Å². The predicted molar refractivity (Wildman–Crippen MR) is 56.1 cm³/mol. The molecule has 0 bridgehead atoms. The lowest BCUT2D eigenvalue weighted by molar-refractivity contribution is -0.130. The van der Waals surface area contributed by atoms with E-state index in [4.69, 9.17) is 4.74 Å². The molecule has 0 aliphatic rings. The average molecular weight is 259 g/mol. The maximum absolute atomic E-state index is 11.2. The molecule has 5 heteroatoms. The van der Waals surface area contributed by atoms with Crippen LogP contribution in [0.2, 0.25) is 0 Å². The van der Waals surface area contributed by atoms with Crippen molar-refractivity contribution in [3.63, 3.8) is 0 Å². The molecule has 0 N–H and O–H groups in total. The average Bonchev–Trinajstić information content (AvgIpc) is 2.16.